The fourth-order valence-corrected chi connectivity index (χ4v) is 1.29. The molecule has 0 saturated carbocycles. The van der Waals surface area contributed by atoms with Crippen molar-refractivity contribution >= 4 is 11.6 Å². The maximum absolute atomic E-state index is 4.14. The van der Waals surface area contributed by atoms with Crippen LogP contribution in [0.25, 0.3) is 11.6 Å². The fourth-order valence-electron chi connectivity index (χ4n) is 1.29. The van der Waals surface area contributed by atoms with Crippen molar-refractivity contribution in [2.75, 3.05) is 0 Å². The molecule has 3 nitrogen and oxygen atoms in total. The van der Waals surface area contributed by atoms with Crippen molar-refractivity contribution in [2.24, 2.45) is 0 Å². The van der Waals surface area contributed by atoms with E-state index >= 15 is 0 Å². The molecule has 2 heterocycles. The lowest BCUT2D eigenvalue weighted by Gasteiger charge is -1.99. The summed E-state index contributed by atoms with van der Waals surface area (Å²) in [6.45, 7) is 2.04. The molecular weight excluding hydrogens is 186 g/mol. The minimum absolute atomic E-state index is 0.909. The Morgan fingerprint density at radius 2 is 2.13 bits per heavy atom. The highest BCUT2D eigenvalue weighted by Gasteiger charge is 1.95. The van der Waals surface area contributed by atoms with E-state index in [1.165, 1.54) is 0 Å². The molecule has 0 saturated heterocycles. The summed E-state index contributed by atoms with van der Waals surface area (Å²) in [7, 11) is 0. The summed E-state index contributed by atoms with van der Waals surface area (Å²) in [5, 5.41) is 0. The molecule has 2 rings (SSSR count). The van der Waals surface area contributed by atoms with Crippen molar-refractivity contribution in [2.45, 2.75) is 6.92 Å². The van der Waals surface area contributed by atoms with E-state index in [-0.39, 0.29) is 0 Å². The molecule has 0 aromatic carbocycles. The van der Waals surface area contributed by atoms with Crippen molar-refractivity contribution in [3.63, 3.8) is 0 Å². The summed E-state index contributed by atoms with van der Waals surface area (Å²) in [5.74, 6) is 0. The first-order valence-electron chi connectivity index (χ1n) is 4.71. The number of rotatable bonds is 2. The van der Waals surface area contributed by atoms with Crippen LogP contribution < -0.4 is 0 Å². The lowest BCUT2D eigenvalue weighted by molar-refractivity contribution is 1.15. The maximum atomic E-state index is 4.14. The third-order valence-corrected chi connectivity index (χ3v) is 2.09. The van der Waals surface area contributed by atoms with Gasteiger partial charge in [0.05, 0.1) is 5.69 Å². The third kappa shape index (κ3) is 2.47. The van der Waals surface area contributed by atoms with E-state index in [0.717, 1.165) is 16.8 Å². The van der Waals surface area contributed by atoms with E-state index < -0.39 is 0 Å². The minimum atomic E-state index is 0.909. The molecule has 74 valence electrons. The molecule has 0 bridgehead atoms. The summed E-state index contributed by atoms with van der Waals surface area (Å²) in [4.78, 5) is 12.1. The normalized spacial score (nSPS) is 11.4. The predicted molar refractivity (Wildman–Crippen MR) is 59.8 cm³/mol. The zero-order valence-corrected chi connectivity index (χ0v) is 8.46. The minimum Gasteiger partial charge on any atom is -0.264 e. The van der Waals surface area contributed by atoms with Crippen LogP contribution >= 0.6 is 0 Å². The van der Waals surface area contributed by atoms with Crippen molar-refractivity contribution in [3.05, 3.63) is 54.4 Å². The molecule has 0 atom stereocenters. The molecule has 0 amide bonds. The van der Waals surface area contributed by atoms with Crippen LogP contribution in [0.4, 0.5) is 0 Å². The predicted octanol–water partition coefficient (Wildman–Crippen LogP) is 2.43. The largest absolute Gasteiger partial charge is 0.264 e. The molecule has 0 aliphatic rings. The van der Waals surface area contributed by atoms with Crippen LogP contribution in [0.3, 0.4) is 0 Å². The molecule has 2 aromatic heterocycles. The van der Waals surface area contributed by atoms with Crippen LogP contribution in [-0.4, -0.2) is 15.0 Å². The molecule has 0 aliphatic heterocycles. The van der Waals surface area contributed by atoms with Crippen molar-refractivity contribution in [3.8, 4) is 0 Å². The van der Waals surface area contributed by atoms with Gasteiger partial charge in [-0.2, -0.15) is 0 Å². The molecule has 0 radical (unpaired) electrons. The van der Waals surface area contributed by atoms with Gasteiger partial charge in [0.15, 0.2) is 0 Å². The second-order valence-electron chi connectivity index (χ2n) is 3.20. The fraction of sp³-hybridized carbons (Fsp3) is 0.0833. The van der Waals surface area contributed by atoms with E-state index in [2.05, 4.69) is 15.0 Å². The second-order valence-corrected chi connectivity index (χ2v) is 3.20. The van der Waals surface area contributed by atoms with Gasteiger partial charge >= 0.3 is 0 Å². The standard InChI is InChI=1S/C12H11N3/c1-10(11-3-2-5-13-8-11)7-12-4-6-14-9-15-12/h2-9H,1H3/b10-7-. The van der Waals surface area contributed by atoms with Gasteiger partial charge in [0.1, 0.15) is 6.33 Å². The Morgan fingerprint density at radius 1 is 1.20 bits per heavy atom. The van der Waals surface area contributed by atoms with Gasteiger partial charge in [-0.3, -0.25) is 4.98 Å². The lowest BCUT2D eigenvalue weighted by atomic mass is 10.1. The van der Waals surface area contributed by atoms with Crippen LogP contribution in [-0.2, 0) is 0 Å². The summed E-state index contributed by atoms with van der Waals surface area (Å²) >= 11 is 0. The SMILES string of the molecule is C/C(=C/c1ccncn1)c1cccnc1. The van der Waals surface area contributed by atoms with Gasteiger partial charge in [-0.05, 0) is 36.3 Å². The lowest BCUT2D eigenvalue weighted by Crippen LogP contribution is -1.84. The van der Waals surface area contributed by atoms with Crippen LogP contribution in [0.15, 0.2) is 43.1 Å². The molecular formula is C12H11N3. The average Bonchev–Trinajstić information content (AvgIpc) is 2.31. The Hall–Kier alpha value is -2.03. The van der Waals surface area contributed by atoms with E-state index in [1.807, 2.05) is 37.4 Å². The molecule has 0 N–H and O–H groups in total. The van der Waals surface area contributed by atoms with Gasteiger partial charge in [-0.1, -0.05) is 6.07 Å². The molecule has 3 heteroatoms. The van der Waals surface area contributed by atoms with Gasteiger partial charge in [-0.15, -0.1) is 0 Å². The molecule has 0 spiro atoms. The molecule has 15 heavy (non-hydrogen) atoms. The first-order valence-corrected chi connectivity index (χ1v) is 4.71. The first-order chi connectivity index (χ1) is 7.36. The molecule has 0 aliphatic carbocycles. The van der Waals surface area contributed by atoms with Crippen molar-refractivity contribution in [1.29, 1.82) is 0 Å². The van der Waals surface area contributed by atoms with E-state index in [1.54, 1.807) is 18.7 Å². The van der Waals surface area contributed by atoms with Gasteiger partial charge in [0.2, 0.25) is 0 Å². The van der Waals surface area contributed by atoms with Gasteiger partial charge in [-0.25, -0.2) is 9.97 Å². The first kappa shape index (κ1) is 9.52. The van der Waals surface area contributed by atoms with Crippen LogP contribution in [0, 0.1) is 0 Å². The Morgan fingerprint density at radius 3 is 2.80 bits per heavy atom. The highest BCUT2D eigenvalue weighted by atomic mass is 14.8. The number of hydrogen-bond donors (Lipinski definition) is 0. The molecule has 2 aromatic rings. The van der Waals surface area contributed by atoms with Crippen LogP contribution in [0.5, 0.6) is 0 Å². The van der Waals surface area contributed by atoms with Gasteiger partial charge in [0.25, 0.3) is 0 Å². The zero-order chi connectivity index (χ0) is 10.5. The summed E-state index contributed by atoms with van der Waals surface area (Å²) in [6.07, 6.45) is 8.89. The Balaban J connectivity index is 2.29. The Bertz CT molecular complexity index is 449. The summed E-state index contributed by atoms with van der Waals surface area (Å²) in [5.41, 5.74) is 3.16. The number of nitrogens with zero attached hydrogens (tertiary/aromatic N) is 3. The average molecular weight is 197 g/mol. The van der Waals surface area contributed by atoms with Crippen molar-refractivity contribution in [1.82, 2.24) is 15.0 Å². The monoisotopic (exact) mass is 197 g/mol. The van der Waals surface area contributed by atoms with Gasteiger partial charge in [0, 0.05) is 18.6 Å². The van der Waals surface area contributed by atoms with E-state index in [0.29, 0.717) is 0 Å². The highest BCUT2D eigenvalue weighted by Crippen LogP contribution is 2.14. The van der Waals surface area contributed by atoms with Crippen molar-refractivity contribution < 1.29 is 0 Å². The quantitative estimate of drug-likeness (QED) is 0.742. The summed E-state index contributed by atoms with van der Waals surface area (Å²) in [6, 6.07) is 5.83. The van der Waals surface area contributed by atoms with Gasteiger partial charge < -0.3 is 0 Å². The van der Waals surface area contributed by atoms with Crippen LogP contribution in [0.1, 0.15) is 18.2 Å². The molecule has 0 fully saturated rings. The topological polar surface area (TPSA) is 38.7 Å². The number of aromatic nitrogens is 3. The number of allylic oxidation sites excluding steroid dienone is 1. The Kier molecular flexibility index (Phi) is 2.83. The molecule has 0 unspecified atom stereocenters. The Labute approximate surface area is 88.6 Å². The second kappa shape index (κ2) is 4.46. The zero-order valence-electron chi connectivity index (χ0n) is 8.46. The van der Waals surface area contributed by atoms with E-state index in [4.69, 9.17) is 0 Å². The third-order valence-electron chi connectivity index (χ3n) is 2.09. The van der Waals surface area contributed by atoms with Crippen LogP contribution in [0.2, 0.25) is 0 Å². The number of hydrogen-bond acceptors (Lipinski definition) is 3. The maximum Gasteiger partial charge on any atom is 0.115 e. The van der Waals surface area contributed by atoms with E-state index in [9.17, 15) is 0 Å². The smallest absolute Gasteiger partial charge is 0.115 e. The summed E-state index contributed by atoms with van der Waals surface area (Å²) < 4.78 is 0. The number of pyridine rings is 1. The highest BCUT2D eigenvalue weighted by molar-refractivity contribution is 5.78.